The second kappa shape index (κ2) is 11.2. The van der Waals surface area contributed by atoms with Gasteiger partial charge in [-0.25, -0.2) is 0 Å². The van der Waals surface area contributed by atoms with Crippen LogP contribution in [0.4, 0.5) is 5.69 Å². The van der Waals surface area contributed by atoms with E-state index in [0.717, 1.165) is 16.3 Å². The first-order valence-corrected chi connectivity index (χ1v) is 11.8. The fourth-order valence-corrected chi connectivity index (χ4v) is 4.16. The molecule has 0 bridgehead atoms. The van der Waals surface area contributed by atoms with Crippen LogP contribution in [-0.4, -0.2) is 12.5 Å². The second-order valence-corrected chi connectivity index (χ2v) is 8.56. The Balaban J connectivity index is 1.65. The minimum absolute atomic E-state index is 0.0171. The van der Waals surface area contributed by atoms with Crippen LogP contribution >= 0.6 is 0 Å². The zero-order chi connectivity index (χ0) is 25.5. The van der Waals surface area contributed by atoms with Crippen molar-refractivity contribution in [3.63, 3.8) is 0 Å². The molecule has 4 rings (SSSR count). The molecule has 0 aromatic heterocycles. The van der Waals surface area contributed by atoms with E-state index in [1.165, 1.54) is 11.1 Å². The van der Waals surface area contributed by atoms with E-state index in [2.05, 4.69) is 43.4 Å². The van der Waals surface area contributed by atoms with Crippen molar-refractivity contribution in [1.82, 2.24) is 0 Å². The van der Waals surface area contributed by atoms with Crippen LogP contribution in [0.5, 0.6) is 11.5 Å². The Kier molecular flexibility index (Phi) is 7.67. The molecule has 5 nitrogen and oxygen atoms in total. The van der Waals surface area contributed by atoms with Crippen molar-refractivity contribution in [2.45, 2.75) is 27.4 Å². The van der Waals surface area contributed by atoms with Gasteiger partial charge in [-0.3, -0.25) is 4.79 Å². The highest BCUT2D eigenvalue weighted by Gasteiger charge is 2.14. The molecule has 0 unspecified atom stereocenters. The maximum atomic E-state index is 13.0. The van der Waals surface area contributed by atoms with Crippen LogP contribution in [0, 0.1) is 25.2 Å². The van der Waals surface area contributed by atoms with Gasteiger partial charge < -0.3 is 14.8 Å². The third kappa shape index (κ3) is 5.92. The summed E-state index contributed by atoms with van der Waals surface area (Å²) in [6.07, 6.45) is 1.60. The summed E-state index contributed by atoms with van der Waals surface area (Å²) < 4.78 is 11.7. The number of amides is 1. The van der Waals surface area contributed by atoms with Crippen molar-refractivity contribution in [3.8, 4) is 17.6 Å². The van der Waals surface area contributed by atoms with Crippen molar-refractivity contribution in [2.24, 2.45) is 0 Å². The van der Waals surface area contributed by atoms with Gasteiger partial charge in [-0.15, -0.1) is 0 Å². The Morgan fingerprint density at radius 2 is 1.67 bits per heavy atom. The van der Waals surface area contributed by atoms with Crippen LogP contribution in [0.3, 0.4) is 0 Å². The van der Waals surface area contributed by atoms with Gasteiger partial charge in [-0.1, -0.05) is 59.7 Å². The zero-order valence-electron chi connectivity index (χ0n) is 20.7. The number of nitrogens with zero attached hydrogens (tertiary/aromatic N) is 1. The number of hydrogen-bond donors (Lipinski definition) is 1. The van der Waals surface area contributed by atoms with Gasteiger partial charge in [0.2, 0.25) is 0 Å². The van der Waals surface area contributed by atoms with E-state index in [0.29, 0.717) is 36.0 Å². The van der Waals surface area contributed by atoms with Crippen molar-refractivity contribution < 1.29 is 14.3 Å². The SMILES string of the molecule is CCOc1ccc(NC(=O)/C(C#N)=C/c2c(OCc3cc(C)cc(C)c3)ccc3ccccc23)cc1. The lowest BCUT2D eigenvalue weighted by Crippen LogP contribution is -2.13. The maximum Gasteiger partial charge on any atom is 0.266 e. The van der Waals surface area contributed by atoms with Crippen LogP contribution in [0.25, 0.3) is 16.8 Å². The van der Waals surface area contributed by atoms with Gasteiger partial charge in [0.1, 0.15) is 29.7 Å². The topological polar surface area (TPSA) is 71.3 Å². The monoisotopic (exact) mass is 476 g/mol. The van der Waals surface area contributed by atoms with Gasteiger partial charge >= 0.3 is 0 Å². The van der Waals surface area contributed by atoms with E-state index in [-0.39, 0.29) is 5.57 Å². The predicted octanol–water partition coefficient (Wildman–Crippen LogP) is 6.98. The predicted molar refractivity (Wildman–Crippen MR) is 144 cm³/mol. The summed E-state index contributed by atoms with van der Waals surface area (Å²) in [5, 5.41) is 14.5. The molecule has 0 saturated heterocycles. The molecule has 0 spiro atoms. The Morgan fingerprint density at radius 3 is 2.36 bits per heavy atom. The molecule has 1 N–H and O–H groups in total. The molecular weight excluding hydrogens is 448 g/mol. The van der Waals surface area contributed by atoms with Crippen LogP contribution < -0.4 is 14.8 Å². The molecule has 36 heavy (non-hydrogen) atoms. The summed E-state index contributed by atoms with van der Waals surface area (Å²) in [4.78, 5) is 13.0. The molecule has 0 saturated carbocycles. The molecule has 4 aromatic carbocycles. The minimum atomic E-state index is -0.491. The third-order valence-corrected chi connectivity index (χ3v) is 5.68. The summed E-state index contributed by atoms with van der Waals surface area (Å²) in [6, 6.07) is 27.1. The number of hydrogen-bond acceptors (Lipinski definition) is 4. The smallest absolute Gasteiger partial charge is 0.266 e. The van der Waals surface area contributed by atoms with Crippen LogP contribution in [0.1, 0.15) is 29.2 Å². The normalized spacial score (nSPS) is 11.1. The van der Waals surface area contributed by atoms with Gasteiger partial charge in [-0.05, 0) is 73.5 Å². The van der Waals surface area contributed by atoms with E-state index in [4.69, 9.17) is 9.47 Å². The average Bonchev–Trinajstić information content (AvgIpc) is 2.87. The van der Waals surface area contributed by atoms with E-state index >= 15 is 0 Å². The number of fused-ring (bicyclic) bond motifs is 1. The Hall–Kier alpha value is -4.56. The number of rotatable bonds is 8. The highest BCUT2D eigenvalue weighted by atomic mass is 16.5. The maximum absolute atomic E-state index is 13.0. The molecule has 0 fully saturated rings. The first-order valence-electron chi connectivity index (χ1n) is 11.8. The number of carbonyl (C=O) groups is 1. The van der Waals surface area contributed by atoms with Crippen molar-refractivity contribution in [3.05, 3.63) is 107 Å². The number of carbonyl (C=O) groups excluding carboxylic acids is 1. The van der Waals surface area contributed by atoms with Crippen LogP contribution in [0.15, 0.2) is 84.4 Å². The molecule has 0 heterocycles. The molecule has 180 valence electrons. The molecule has 4 aromatic rings. The molecule has 0 atom stereocenters. The van der Waals surface area contributed by atoms with E-state index < -0.39 is 5.91 Å². The van der Waals surface area contributed by atoms with Crippen molar-refractivity contribution in [1.29, 1.82) is 5.26 Å². The van der Waals surface area contributed by atoms with Crippen LogP contribution in [0.2, 0.25) is 0 Å². The van der Waals surface area contributed by atoms with E-state index in [9.17, 15) is 10.1 Å². The van der Waals surface area contributed by atoms with E-state index in [1.54, 1.807) is 30.3 Å². The highest BCUT2D eigenvalue weighted by molar-refractivity contribution is 6.11. The van der Waals surface area contributed by atoms with E-state index in [1.807, 2.05) is 43.3 Å². The Labute approximate surface area is 211 Å². The van der Waals surface area contributed by atoms with Crippen LogP contribution in [-0.2, 0) is 11.4 Å². The summed E-state index contributed by atoms with van der Waals surface area (Å²) in [5.74, 6) is 0.831. The Morgan fingerprint density at radius 1 is 0.944 bits per heavy atom. The third-order valence-electron chi connectivity index (χ3n) is 5.68. The number of benzene rings is 4. The van der Waals surface area contributed by atoms with Gasteiger partial charge in [0.15, 0.2) is 0 Å². The quantitative estimate of drug-likeness (QED) is 0.220. The minimum Gasteiger partial charge on any atom is -0.494 e. The van der Waals surface area contributed by atoms with Crippen molar-refractivity contribution in [2.75, 3.05) is 11.9 Å². The number of anilines is 1. The van der Waals surface area contributed by atoms with Gasteiger partial charge in [-0.2, -0.15) is 5.26 Å². The molecule has 0 radical (unpaired) electrons. The highest BCUT2D eigenvalue weighted by Crippen LogP contribution is 2.31. The first kappa shape index (κ1) is 24.6. The number of nitrogens with one attached hydrogen (secondary N) is 1. The molecular formula is C31H28N2O3. The lowest BCUT2D eigenvalue weighted by molar-refractivity contribution is -0.112. The molecule has 0 aliphatic carbocycles. The van der Waals surface area contributed by atoms with Crippen molar-refractivity contribution >= 4 is 28.4 Å². The summed E-state index contributed by atoms with van der Waals surface area (Å²) >= 11 is 0. The molecule has 5 heteroatoms. The number of aryl methyl sites for hydroxylation is 2. The standard InChI is InChI=1S/C31H28N2O3/c1-4-35-27-12-10-26(11-13-27)33-31(34)25(19-32)18-29-28-8-6-5-7-24(28)9-14-30(29)36-20-23-16-21(2)15-22(3)17-23/h5-18H,4,20H2,1-3H3,(H,33,34)/b25-18+. The Bertz CT molecular complexity index is 1440. The summed E-state index contributed by atoms with van der Waals surface area (Å²) in [7, 11) is 0. The average molecular weight is 477 g/mol. The van der Waals surface area contributed by atoms with Gasteiger partial charge in [0.05, 0.1) is 6.61 Å². The number of nitriles is 1. The second-order valence-electron chi connectivity index (χ2n) is 8.56. The lowest BCUT2D eigenvalue weighted by Gasteiger charge is -2.14. The largest absolute Gasteiger partial charge is 0.494 e. The summed E-state index contributed by atoms with van der Waals surface area (Å²) in [6.45, 7) is 6.96. The fourth-order valence-electron chi connectivity index (χ4n) is 4.16. The van der Waals surface area contributed by atoms with Gasteiger partial charge in [0, 0.05) is 11.3 Å². The fraction of sp³-hybridized carbons (Fsp3) is 0.161. The summed E-state index contributed by atoms with van der Waals surface area (Å²) in [5.41, 5.74) is 4.65. The van der Waals surface area contributed by atoms with Gasteiger partial charge in [0.25, 0.3) is 5.91 Å². The molecule has 1 amide bonds. The molecule has 0 aliphatic rings. The number of ether oxygens (including phenoxy) is 2. The zero-order valence-corrected chi connectivity index (χ0v) is 20.7. The lowest BCUT2D eigenvalue weighted by atomic mass is 10.0. The molecule has 0 aliphatic heterocycles. The first-order chi connectivity index (χ1) is 17.5.